The number of rotatable bonds is 9. The first-order chi connectivity index (χ1) is 15.1. The zero-order valence-corrected chi connectivity index (χ0v) is 19.0. The van der Waals surface area contributed by atoms with E-state index in [0.29, 0.717) is 24.2 Å². The highest BCUT2D eigenvalue weighted by Gasteiger charge is 2.16. The van der Waals surface area contributed by atoms with Gasteiger partial charge in [0.05, 0.1) is 7.11 Å². The summed E-state index contributed by atoms with van der Waals surface area (Å²) in [5, 5.41) is 8.13. The maximum atomic E-state index is 12.3. The van der Waals surface area contributed by atoms with Crippen molar-refractivity contribution in [3.63, 3.8) is 0 Å². The van der Waals surface area contributed by atoms with Crippen LogP contribution in [0, 0.1) is 0 Å². The Hall–Kier alpha value is -3.55. The Kier molecular flexibility index (Phi) is 9.07. The van der Waals surface area contributed by atoms with Crippen molar-refractivity contribution in [2.45, 2.75) is 45.6 Å². The first-order valence-corrected chi connectivity index (χ1v) is 10.4. The van der Waals surface area contributed by atoms with Gasteiger partial charge in [-0.3, -0.25) is 9.59 Å². The van der Waals surface area contributed by atoms with Gasteiger partial charge in [-0.1, -0.05) is 18.2 Å². The number of hydrogen-bond donors (Lipinski definition) is 3. The molecular weight excluding hydrogens is 410 g/mol. The summed E-state index contributed by atoms with van der Waals surface area (Å²) < 4.78 is 10.2. The van der Waals surface area contributed by atoms with Gasteiger partial charge in [-0.05, 0) is 63.1 Å². The molecule has 0 bridgehead atoms. The van der Waals surface area contributed by atoms with Crippen molar-refractivity contribution in [3.05, 3.63) is 54.1 Å². The van der Waals surface area contributed by atoms with Crippen molar-refractivity contribution in [2.24, 2.45) is 0 Å². The van der Waals surface area contributed by atoms with Crippen molar-refractivity contribution in [1.82, 2.24) is 5.32 Å². The molecule has 0 atom stereocenters. The van der Waals surface area contributed by atoms with Gasteiger partial charge in [0.15, 0.2) is 0 Å². The molecule has 2 rings (SSSR count). The van der Waals surface area contributed by atoms with Gasteiger partial charge in [-0.15, -0.1) is 0 Å². The van der Waals surface area contributed by atoms with Crippen LogP contribution in [0.2, 0.25) is 0 Å². The average molecular weight is 442 g/mol. The van der Waals surface area contributed by atoms with Crippen molar-refractivity contribution in [3.8, 4) is 5.75 Å². The summed E-state index contributed by atoms with van der Waals surface area (Å²) in [4.78, 5) is 36.0. The van der Waals surface area contributed by atoms with Gasteiger partial charge in [0.2, 0.25) is 11.8 Å². The van der Waals surface area contributed by atoms with Crippen LogP contribution < -0.4 is 20.7 Å². The van der Waals surface area contributed by atoms with Gasteiger partial charge >= 0.3 is 6.09 Å². The van der Waals surface area contributed by atoms with Gasteiger partial charge in [-0.25, -0.2) is 4.79 Å². The minimum absolute atomic E-state index is 0.0949. The Morgan fingerprint density at radius 3 is 2.03 bits per heavy atom. The Bertz CT molecular complexity index is 920. The molecule has 0 fully saturated rings. The number of nitrogens with one attached hydrogen (secondary N) is 3. The Morgan fingerprint density at radius 1 is 0.875 bits per heavy atom. The number of hydrogen-bond acceptors (Lipinski definition) is 5. The van der Waals surface area contributed by atoms with Gasteiger partial charge in [-0.2, -0.15) is 0 Å². The minimum Gasteiger partial charge on any atom is -0.497 e. The summed E-state index contributed by atoms with van der Waals surface area (Å²) in [6.07, 6.45) is 0.470. The quantitative estimate of drug-likeness (QED) is 0.543. The summed E-state index contributed by atoms with van der Waals surface area (Å²) >= 11 is 0. The SMILES string of the molecule is COc1ccc(CCC(=O)Nc2cccc(NC(=O)CCNC(=O)OC(C)(C)C)c2)cc1. The molecule has 0 radical (unpaired) electrons. The lowest BCUT2D eigenvalue weighted by molar-refractivity contribution is -0.116. The van der Waals surface area contributed by atoms with E-state index in [9.17, 15) is 14.4 Å². The molecular formula is C24H31N3O5. The summed E-state index contributed by atoms with van der Waals surface area (Å²) in [7, 11) is 1.61. The molecule has 0 spiro atoms. The van der Waals surface area contributed by atoms with Crippen molar-refractivity contribution in [2.75, 3.05) is 24.3 Å². The smallest absolute Gasteiger partial charge is 0.407 e. The first-order valence-electron chi connectivity index (χ1n) is 10.4. The Morgan fingerprint density at radius 2 is 1.47 bits per heavy atom. The second kappa shape index (κ2) is 11.7. The molecule has 0 aromatic heterocycles. The fourth-order valence-corrected chi connectivity index (χ4v) is 2.76. The molecule has 3 N–H and O–H groups in total. The van der Waals surface area contributed by atoms with Crippen LogP contribution in [0.4, 0.5) is 16.2 Å². The minimum atomic E-state index is -0.591. The molecule has 0 aliphatic rings. The van der Waals surface area contributed by atoms with Gasteiger partial charge < -0.3 is 25.4 Å². The number of amides is 3. The summed E-state index contributed by atoms with van der Waals surface area (Å²) in [5.74, 6) is 0.396. The van der Waals surface area contributed by atoms with E-state index in [-0.39, 0.29) is 24.8 Å². The van der Waals surface area contributed by atoms with Crippen LogP contribution >= 0.6 is 0 Å². The second-order valence-corrected chi connectivity index (χ2v) is 8.20. The highest BCUT2D eigenvalue weighted by molar-refractivity contribution is 5.94. The molecule has 8 heteroatoms. The highest BCUT2D eigenvalue weighted by atomic mass is 16.6. The summed E-state index contributed by atoms with van der Waals surface area (Å²) in [5.41, 5.74) is 1.60. The molecule has 0 aliphatic carbocycles. The van der Waals surface area contributed by atoms with E-state index in [2.05, 4.69) is 16.0 Å². The van der Waals surface area contributed by atoms with Gasteiger partial charge in [0, 0.05) is 30.8 Å². The number of benzene rings is 2. The largest absolute Gasteiger partial charge is 0.497 e. The standard InChI is InChI=1S/C24H31N3O5/c1-24(2,3)32-23(30)25-15-14-22(29)27-19-7-5-6-18(16-19)26-21(28)13-10-17-8-11-20(31-4)12-9-17/h5-9,11-12,16H,10,13-15H2,1-4H3,(H,25,30)(H,26,28)(H,27,29). The summed E-state index contributed by atoms with van der Waals surface area (Å²) in [6, 6.07) is 14.5. The topological polar surface area (TPSA) is 106 Å². The lowest BCUT2D eigenvalue weighted by Crippen LogP contribution is -2.34. The van der Waals surface area contributed by atoms with Crippen LogP contribution in [0.5, 0.6) is 5.75 Å². The molecule has 0 saturated heterocycles. The maximum Gasteiger partial charge on any atom is 0.407 e. The molecule has 2 aromatic carbocycles. The van der Waals surface area contributed by atoms with Gasteiger partial charge in [0.25, 0.3) is 0 Å². The number of anilines is 2. The number of methoxy groups -OCH3 is 1. The van der Waals surface area contributed by atoms with Gasteiger partial charge in [0.1, 0.15) is 11.4 Å². The van der Waals surface area contributed by atoms with Crippen LogP contribution in [0.15, 0.2) is 48.5 Å². The number of ether oxygens (including phenoxy) is 2. The zero-order chi connectivity index (χ0) is 23.6. The third-order valence-electron chi connectivity index (χ3n) is 4.25. The molecule has 2 aromatic rings. The second-order valence-electron chi connectivity index (χ2n) is 8.20. The van der Waals surface area contributed by atoms with E-state index < -0.39 is 11.7 Å². The third kappa shape index (κ3) is 9.51. The van der Waals surface area contributed by atoms with E-state index in [1.807, 2.05) is 24.3 Å². The lowest BCUT2D eigenvalue weighted by Gasteiger charge is -2.19. The Labute approximate surface area is 188 Å². The summed E-state index contributed by atoms with van der Waals surface area (Å²) in [6.45, 7) is 5.46. The predicted octanol–water partition coefficient (Wildman–Crippen LogP) is 4.12. The zero-order valence-electron chi connectivity index (χ0n) is 19.0. The molecule has 3 amide bonds. The van der Waals surface area contributed by atoms with E-state index >= 15 is 0 Å². The Balaban J connectivity index is 1.76. The fraction of sp³-hybridized carbons (Fsp3) is 0.375. The van der Waals surface area contributed by atoms with E-state index in [1.165, 1.54) is 0 Å². The van der Waals surface area contributed by atoms with Crippen molar-refractivity contribution in [1.29, 1.82) is 0 Å². The number of alkyl carbamates (subject to hydrolysis) is 1. The monoisotopic (exact) mass is 441 g/mol. The van der Waals surface area contributed by atoms with E-state index in [1.54, 1.807) is 52.1 Å². The van der Waals surface area contributed by atoms with Crippen molar-refractivity contribution >= 4 is 29.3 Å². The molecule has 0 unspecified atom stereocenters. The van der Waals surface area contributed by atoms with Crippen LogP contribution in [-0.2, 0) is 20.7 Å². The molecule has 0 aliphatic heterocycles. The van der Waals surface area contributed by atoms with Crippen molar-refractivity contribution < 1.29 is 23.9 Å². The predicted molar refractivity (Wildman–Crippen MR) is 124 cm³/mol. The van der Waals surface area contributed by atoms with E-state index in [0.717, 1.165) is 11.3 Å². The average Bonchev–Trinajstić information content (AvgIpc) is 2.71. The lowest BCUT2D eigenvalue weighted by atomic mass is 10.1. The number of aryl methyl sites for hydroxylation is 1. The number of carbonyl (C=O) groups excluding carboxylic acids is 3. The first kappa shape index (κ1) is 24.7. The van der Waals surface area contributed by atoms with Crippen LogP contribution in [-0.4, -0.2) is 37.2 Å². The number of carbonyl (C=O) groups is 3. The molecule has 0 heterocycles. The fourth-order valence-electron chi connectivity index (χ4n) is 2.76. The van der Waals surface area contributed by atoms with Crippen LogP contribution in [0.25, 0.3) is 0 Å². The maximum absolute atomic E-state index is 12.3. The highest BCUT2D eigenvalue weighted by Crippen LogP contribution is 2.17. The van der Waals surface area contributed by atoms with E-state index in [4.69, 9.17) is 9.47 Å². The van der Waals surface area contributed by atoms with Crippen LogP contribution in [0.1, 0.15) is 39.2 Å². The molecule has 172 valence electrons. The molecule has 0 saturated carbocycles. The molecule has 8 nitrogen and oxygen atoms in total. The third-order valence-corrected chi connectivity index (χ3v) is 4.25. The normalized spacial score (nSPS) is 10.8. The van der Waals surface area contributed by atoms with Crippen LogP contribution in [0.3, 0.4) is 0 Å². The molecule has 32 heavy (non-hydrogen) atoms.